The quantitative estimate of drug-likeness (QED) is 0.754. The van der Waals surface area contributed by atoms with Crippen LogP contribution in [0, 0.1) is 5.92 Å². The highest BCUT2D eigenvalue weighted by Gasteiger charge is 2.29. The fourth-order valence-electron chi connectivity index (χ4n) is 2.44. The number of hydrogen-bond donors (Lipinski definition) is 0. The second-order valence-corrected chi connectivity index (χ2v) is 5.25. The molecule has 7 nitrogen and oxygen atoms in total. The summed E-state index contributed by atoms with van der Waals surface area (Å²) in [4.78, 5) is 41.1. The summed E-state index contributed by atoms with van der Waals surface area (Å²) < 4.78 is 10.00. The molecule has 124 valence electrons. The second-order valence-electron chi connectivity index (χ2n) is 5.25. The molecule has 0 bridgehead atoms. The summed E-state index contributed by atoms with van der Waals surface area (Å²) in [6.07, 6.45) is 4.36. The van der Waals surface area contributed by atoms with E-state index < -0.39 is 5.97 Å². The van der Waals surface area contributed by atoms with E-state index >= 15 is 0 Å². The monoisotopic (exact) mass is 320 g/mol. The number of rotatable bonds is 5. The van der Waals surface area contributed by atoms with Crippen LogP contribution in [0.25, 0.3) is 0 Å². The van der Waals surface area contributed by atoms with Gasteiger partial charge >= 0.3 is 11.9 Å². The molecule has 1 aromatic heterocycles. The van der Waals surface area contributed by atoms with Crippen molar-refractivity contribution in [3.8, 4) is 0 Å². The molecule has 0 aliphatic carbocycles. The fourth-order valence-corrected chi connectivity index (χ4v) is 2.44. The molecule has 0 spiro atoms. The van der Waals surface area contributed by atoms with Crippen LogP contribution in [0.1, 0.15) is 30.1 Å². The van der Waals surface area contributed by atoms with Crippen molar-refractivity contribution in [3.63, 3.8) is 0 Å². The maximum atomic E-state index is 12.1. The Morgan fingerprint density at radius 1 is 1.35 bits per heavy atom. The fraction of sp³-hybridized carbons (Fsp3) is 0.500. The Labute approximate surface area is 134 Å². The summed E-state index contributed by atoms with van der Waals surface area (Å²) in [7, 11) is 0. The van der Waals surface area contributed by atoms with Crippen molar-refractivity contribution in [1.29, 1.82) is 0 Å². The van der Waals surface area contributed by atoms with Gasteiger partial charge < -0.3 is 14.4 Å². The van der Waals surface area contributed by atoms with Crippen LogP contribution in [0.3, 0.4) is 0 Å². The number of carbonyl (C=O) groups excluding carboxylic acids is 3. The molecular formula is C16H20N2O5. The lowest BCUT2D eigenvalue weighted by atomic mass is 9.98. The number of pyridine rings is 1. The Morgan fingerprint density at radius 2 is 2.17 bits per heavy atom. The number of ether oxygens (including phenoxy) is 2. The van der Waals surface area contributed by atoms with Crippen molar-refractivity contribution in [2.45, 2.75) is 19.8 Å². The van der Waals surface area contributed by atoms with Gasteiger partial charge in [-0.25, -0.2) is 4.79 Å². The second kappa shape index (κ2) is 8.26. The number of esters is 2. The van der Waals surface area contributed by atoms with E-state index in [1.165, 1.54) is 6.20 Å². The minimum Gasteiger partial charge on any atom is -0.466 e. The smallest absolute Gasteiger partial charge is 0.340 e. The minimum atomic E-state index is -0.592. The third-order valence-corrected chi connectivity index (χ3v) is 3.62. The van der Waals surface area contributed by atoms with E-state index in [0.29, 0.717) is 31.7 Å². The number of amides is 1. The molecule has 7 heteroatoms. The predicted octanol–water partition coefficient (Wildman–Crippen LogP) is 1.04. The highest BCUT2D eigenvalue weighted by molar-refractivity contribution is 5.91. The number of hydrogen-bond acceptors (Lipinski definition) is 6. The van der Waals surface area contributed by atoms with Crippen LogP contribution < -0.4 is 0 Å². The molecule has 1 unspecified atom stereocenters. The van der Waals surface area contributed by atoms with Crippen LogP contribution in [0.15, 0.2) is 24.5 Å². The van der Waals surface area contributed by atoms with Gasteiger partial charge in [-0.2, -0.15) is 0 Å². The number of nitrogens with zero attached hydrogens (tertiary/aromatic N) is 2. The van der Waals surface area contributed by atoms with Gasteiger partial charge in [0.25, 0.3) is 5.91 Å². The summed E-state index contributed by atoms with van der Waals surface area (Å²) in [5.41, 5.74) is 0.295. The Morgan fingerprint density at radius 3 is 2.87 bits per heavy atom. The van der Waals surface area contributed by atoms with Crippen LogP contribution in [-0.2, 0) is 19.1 Å². The number of likely N-dealkylation sites (tertiary alicyclic amines) is 1. The lowest BCUT2D eigenvalue weighted by Crippen LogP contribution is -2.44. The van der Waals surface area contributed by atoms with Gasteiger partial charge in [0.05, 0.1) is 18.1 Å². The highest BCUT2D eigenvalue weighted by atomic mass is 16.5. The van der Waals surface area contributed by atoms with Crippen molar-refractivity contribution >= 4 is 17.8 Å². The van der Waals surface area contributed by atoms with Crippen molar-refractivity contribution in [3.05, 3.63) is 30.1 Å². The maximum Gasteiger partial charge on any atom is 0.340 e. The molecule has 23 heavy (non-hydrogen) atoms. The highest BCUT2D eigenvalue weighted by Crippen LogP contribution is 2.18. The average Bonchev–Trinajstić information content (AvgIpc) is 2.60. The predicted molar refractivity (Wildman–Crippen MR) is 80.5 cm³/mol. The zero-order valence-corrected chi connectivity index (χ0v) is 13.1. The van der Waals surface area contributed by atoms with Gasteiger partial charge in [0.2, 0.25) is 0 Å². The SMILES string of the molecule is CCOC(=O)C1CCCN(C(=O)COC(=O)c2cccnc2)C1. The first kappa shape index (κ1) is 16.9. The molecule has 1 aliphatic heterocycles. The Balaban J connectivity index is 1.83. The lowest BCUT2D eigenvalue weighted by molar-refractivity contribution is -0.151. The zero-order chi connectivity index (χ0) is 16.7. The third kappa shape index (κ3) is 4.77. The molecule has 1 saturated heterocycles. The summed E-state index contributed by atoms with van der Waals surface area (Å²) in [5, 5.41) is 0. The van der Waals surface area contributed by atoms with Crippen LogP contribution in [0.4, 0.5) is 0 Å². The molecule has 0 aromatic carbocycles. The zero-order valence-electron chi connectivity index (χ0n) is 13.1. The van der Waals surface area contributed by atoms with Crippen LogP contribution in [0.2, 0.25) is 0 Å². The molecular weight excluding hydrogens is 300 g/mol. The lowest BCUT2D eigenvalue weighted by Gasteiger charge is -2.31. The van der Waals surface area contributed by atoms with Crippen molar-refractivity contribution in [1.82, 2.24) is 9.88 Å². The molecule has 1 aromatic rings. The van der Waals surface area contributed by atoms with Gasteiger partial charge in [-0.15, -0.1) is 0 Å². The number of aromatic nitrogens is 1. The molecule has 1 aliphatic rings. The van der Waals surface area contributed by atoms with E-state index in [4.69, 9.17) is 9.47 Å². The van der Waals surface area contributed by atoms with Crippen LogP contribution in [0.5, 0.6) is 0 Å². The van der Waals surface area contributed by atoms with E-state index in [1.807, 2.05) is 0 Å². The summed E-state index contributed by atoms with van der Waals surface area (Å²) in [6, 6.07) is 3.18. The maximum absolute atomic E-state index is 12.1. The minimum absolute atomic E-state index is 0.280. The van der Waals surface area contributed by atoms with Gasteiger partial charge in [-0.3, -0.25) is 14.6 Å². The van der Waals surface area contributed by atoms with E-state index in [1.54, 1.807) is 30.2 Å². The normalized spacial score (nSPS) is 17.4. The molecule has 1 fully saturated rings. The van der Waals surface area contributed by atoms with E-state index in [2.05, 4.69) is 4.98 Å². The first-order chi connectivity index (χ1) is 11.1. The molecule has 0 radical (unpaired) electrons. The molecule has 0 saturated carbocycles. The van der Waals surface area contributed by atoms with E-state index in [0.717, 1.165) is 6.42 Å². The molecule has 1 atom stereocenters. The third-order valence-electron chi connectivity index (χ3n) is 3.62. The first-order valence-corrected chi connectivity index (χ1v) is 7.63. The van der Waals surface area contributed by atoms with E-state index in [9.17, 15) is 14.4 Å². The van der Waals surface area contributed by atoms with Gasteiger partial charge in [0.15, 0.2) is 6.61 Å². The van der Waals surface area contributed by atoms with Crippen LogP contribution >= 0.6 is 0 Å². The van der Waals surface area contributed by atoms with Gasteiger partial charge in [0, 0.05) is 25.5 Å². The summed E-state index contributed by atoms with van der Waals surface area (Å²) in [5.74, 6) is -1.49. The van der Waals surface area contributed by atoms with Gasteiger partial charge in [0.1, 0.15) is 0 Å². The number of carbonyl (C=O) groups is 3. The Kier molecular flexibility index (Phi) is 6.08. The summed E-state index contributed by atoms with van der Waals surface area (Å²) in [6.45, 7) is 2.60. The van der Waals surface area contributed by atoms with Crippen molar-refractivity contribution < 1.29 is 23.9 Å². The molecule has 1 amide bonds. The number of piperidine rings is 1. The van der Waals surface area contributed by atoms with Crippen LogP contribution in [-0.4, -0.2) is 54.0 Å². The Bertz CT molecular complexity index is 561. The molecule has 2 rings (SSSR count). The summed E-state index contributed by atoms with van der Waals surface area (Å²) >= 11 is 0. The molecule has 2 heterocycles. The standard InChI is InChI=1S/C16H20N2O5/c1-2-22-16(21)13-6-4-8-18(10-13)14(19)11-23-15(20)12-5-3-7-17-9-12/h3,5,7,9,13H,2,4,6,8,10-11H2,1H3. The van der Waals surface area contributed by atoms with Gasteiger partial charge in [-0.1, -0.05) is 0 Å². The van der Waals surface area contributed by atoms with E-state index in [-0.39, 0.29) is 24.4 Å². The first-order valence-electron chi connectivity index (χ1n) is 7.63. The average molecular weight is 320 g/mol. The van der Waals surface area contributed by atoms with Crippen molar-refractivity contribution in [2.75, 3.05) is 26.3 Å². The van der Waals surface area contributed by atoms with Gasteiger partial charge in [-0.05, 0) is 31.9 Å². The molecule has 0 N–H and O–H groups in total. The topological polar surface area (TPSA) is 85.8 Å². The Hall–Kier alpha value is -2.44. The van der Waals surface area contributed by atoms with Crippen molar-refractivity contribution in [2.24, 2.45) is 5.92 Å². The largest absolute Gasteiger partial charge is 0.466 e.